The Bertz CT molecular complexity index is 495. The lowest BCUT2D eigenvalue weighted by atomic mass is 10.1. The summed E-state index contributed by atoms with van der Waals surface area (Å²) < 4.78 is 3.63. The topological polar surface area (TPSA) is 12.0 Å². The zero-order valence-corrected chi connectivity index (χ0v) is 12.1. The summed E-state index contributed by atoms with van der Waals surface area (Å²) in [5.74, 6) is 0. The molecule has 0 saturated heterocycles. The molecule has 0 saturated carbocycles. The summed E-state index contributed by atoms with van der Waals surface area (Å²) in [5, 5.41) is 7.08. The van der Waals surface area contributed by atoms with Crippen molar-refractivity contribution in [3.05, 3.63) is 63.8 Å². The molecule has 0 amide bonds. The third-order valence-electron chi connectivity index (χ3n) is 2.73. The maximum Gasteiger partial charge on any atom is 0.00239 e. The molecule has 1 atom stereocenters. The first kappa shape index (κ1) is 13.2. The first-order valence-electron chi connectivity index (χ1n) is 6.33. The number of benzene rings is 1. The van der Waals surface area contributed by atoms with Gasteiger partial charge in [0.2, 0.25) is 0 Å². The molecule has 0 bridgehead atoms. The monoisotopic (exact) mass is 259 g/mol. The van der Waals surface area contributed by atoms with E-state index in [0.717, 1.165) is 6.54 Å². The molecular weight excluding hydrogens is 238 g/mol. The van der Waals surface area contributed by atoms with E-state index in [0.29, 0.717) is 0 Å². The van der Waals surface area contributed by atoms with E-state index in [1.54, 1.807) is 0 Å². The average molecular weight is 259 g/mol. The van der Waals surface area contributed by atoms with Crippen molar-refractivity contribution in [2.75, 3.05) is 6.54 Å². The van der Waals surface area contributed by atoms with Crippen molar-refractivity contribution in [3.63, 3.8) is 0 Å². The van der Waals surface area contributed by atoms with Crippen LogP contribution in [-0.4, -0.2) is 6.54 Å². The number of rotatable bonds is 4. The number of hydrogen-bond donors (Lipinski definition) is 1. The van der Waals surface area contributed by atoms with Gasteiger partial charge >= 0.3 is 0 Å². The minimum absolute atomic E-state index is 0.988. The summed E-state index contributed by atoms with van der Waals surface area (Å²) in [6.45, 7) is 7.47. The van der Waals surface area contributed by atoms with E-state index in [1.807, 2.05) is 0 Å². The Hall–Kier alpha value is -1.25. The molecule has 18 heavy (non-hydrogen) atoms. The second kappa shape index (κ2) is 5.59. The SMILES string of the molecule is CCNS1(C=C(C)C)C=CC(c2ccccc2)=C1. The molecule has 1 aliphatic heterocycles. The van der Waals surface area contributed by atoms with E-state index in [-0.39, 0.29) is 0 Å². The molecule has 0 radical (unpaired) electrons. The van der Waals surface area contributed by atoms with Crippen LogP contribution in [0.5, 0.6) is 0 Å². The van der Waals surface area contributed by atoms with E-state index >= 15 is 0 Å². The maximum atomic E-state index is 3.63. The van der Waals surface area contributed by atoms with Crippen LogP contribution in [0, 0.1) is 0 Å². The summed E-state index contributed by atoms with van der Waals surface area (Å²) in [6.07, 6.45) is 2.24. The van der Waals surface area contributed by atoms with Gasteiger partial charge in [-0.05, 0) is 47.3 Å². The van der Waals surface area contributed by atoms with Gasteiger partial charge in [0.25, 0.3) is 0 Å². The standard InChI is InChI=1S/C16H21NS/c1-4-17-18(12-14(2)3)11-10-16(13-18)15-8-6-5-7-9-15/h5-13,17H,4H2,1-3H3. The molecule has 1 heterocycles. The zero-order valence-electron chi connectivity index (χ0n) is 11.3. The van der Waals surface area contributed by atoms with Crippen LogP contribution in [0.15, 0.2) is 58.2 Å². The largest absolute Gasteiger partial charge is 0.271 e. The molecule has 1 aromatic carbocycles. The third kappa shape index (κ3) is 2.95. The van der Waals surface area contributed by atoms with Crippen LogP contribution in [0.1, 0.15) is 26.3 Å². The quantitative estimate of drug-likeness (QED) is 0.818. The van der Waals surface area contributed by atoms with Gasteiger partial charge in [0.15, 0.2) is 0 Å². The normalized spacial score (nSPS) is 25.4. The Morgan fingerprint density at radius 3 is 2.56 bits per heavy atom. The second-order valence-electron chi connectivity index (χ2n) is 4.70. The molecule has 1 N–H and O–H groups in total. The van der Waals surface area contributed by atoms with Gasteiger partial charge in [-0.3, -0.25) is 4.72 Å². The van der Waals surface area contributed by atoms with Gasteiger partial charge in [0.05, 0.1) is 0 Å². The smallest absolute Gasteiger partial charge is 0.00239 e. The Morgan fingerprint density at radius 1 is 1.22 bits per heavy atom. The van der Waals surface area contributed by atoms with Crippen LogP contribution < -0.4 is 4.72 Å². The third-order valence-corrected chi connectivity index (χ3v) is 5.61. The Kier molecular flexibility index (Phi) is 4.10. The van der Waals surface area contributed by atoms with Crippen molar-refractivity contribution in [2.24, 2.45) is 0 Å². The molecule has 0 spiro atoms. The molecular formula is C16H21NS. The minimum atomic E-state index is -1.06. The van der Waals surface area contributed by atoms with E-state index in [1.165, 1.54) is 16.7 Å². The van der Waals surface area contributed by atoms with Crippen LogP contribution >= 0.6 is 10.2 Å². The average Bonchev–Trinajstić information content (AvgIpc) is 2.74. The molecule has 2 rings (SSSR count). The lowest BCUT2D eigenvalue weighted by molar-refractivity contribution is 1.03. The van der Waals surface area contributed by atoms with Gasteiger partial charge in [0.1, 0.15) is 0 Å². The summed E-state index contributed by atoms with van der Waals surface area (Å²) in [7, 11) is -1.06. The Labute approximate surface area is 112 Å². The highest BCUT2D eigenvalue weighted by Crippen LogP contribution is 2.55. The van der Waals surface area contributed by atoms with E-state index < -0.39 is 10.2 Å². The summed E-state index contributed by atoms with van der Waals surface area (Å²) in [6, 6.07) is 10.6. The van der Waals surface area contributed by atoms with Gasteiger partial charge in [-0.2, -0.15) is 0 Å². The lowest BCUT2D eigenvalue weighted by Crippen LogP contribution is -2.13. The Morgan fingerprint density at radius 2 is 1.94 bits per heavy atom. The van der Waals surface area contributed by atoms with Crippen LogP contribution in [0.2, 0.25) is 0 Å². The van der Waals surface area contributed by atoms with E-state index in [2.05, 4.69) is 78.1 Å². The molecule has 1 aromatic rings. The van der Waals surface area contributed by atoms with E-state index in [4.69, 9.17) is 0 Å². The van der Waals surface area contributed by atoms with Crippen LogP contribution in [0.4, 0.5) is 0 Å². The first-order chi connectivity index (χ1) is 8.65. The predicted octanol–water partition coefficient (Wildman–Crippen LogP) is 4.81. The second-order valence-corrected chi connectivity index (χ2v) is 7.25. The van der Waals surface area contributed by atoms with Gasteiger partial charge in [0, 0.05) is 6.54 Å². The highest BCUT2D eigenvalue weighted by Gasteiger charge is 2.20. The summed E-state index contributed by atoms with van der Waals surface area (Å²) >= 11 is 0. The fourth-order valence-electron chi connectivity index (χ4n) is 2.11. The zero-order chi connectivity index (χ0) is 13.0. The predicted molar refractivity (Wildman–Crippen MR) is 84.3 cm³/mol. The summed E-state index contributed by atoms with van der Waals surface area (Å²) in [5.41, 5.74) is 3.98. The highest BCUT2D eigenvalue weighted by atomic mass is 32.3. The van der Waals surface area contributed by atoms with Crippen LogP contribution in [0.3, 0.4) is 0 Å². The molecule has 0 aromatic heterocycles. The molecule has 2 heteroatoms. The van der Waals surface area contributed by atoms with Crippen molar-refractivity contribution in [1.82, 2.24) is 4.72 Å². The van der Waals surface area contributed by atoms with Crippen molar-refractivity contribution >= 4 is 15.8 Å². The fraction of sp³-hybridized carbons (Fsp3) is 0.250. The van der Waals surface area contributed by atoms with Gasteiger partial charge in [-0.25, -0.2) is 0 Å². The van der Waals surface area contributed by atoms with Gasteiger partial charge < -0.3 is 0 Å². The first-order valence-corrected chi connectivity index (χ1v) is 8.15. The van der Waals surface area contributed by atoms with Crippen molar-refractivity contribution < 1.29 is 0 Å². The maximum absolute atomic E-state index is 3.63. The van der Waals surface area contributed by atoms with Crippen molar-refractivity contribution in [2.45, 2.75) is 20.8 Å². The van der Waals surface area contributed by atoms with Crippen molar-refractivity contribution in [1.29, 1.82) is 0 Å². The molecule has 1 nitrogen and oxygen atoms in total. The molecule has 96 valence electrons. The molecule has 0 fully saturated rings. The highest BCUT2D eigenvalue weighted by molar-refractivity contribution is 8.39. The van der Waals surface area contributed by atoms with Gasteiger partial charge in [-0.15, -0.1) is 10.2 Å². The number of nitrogens with one attached hydrogen (secondary N) is 1. The minimum Gasteiger partial charge on any atom is -0.271 e. The molecule has 1 aliphatic rings. The molecule has 0 aliphatic carbocycles. The van der Waals surface area contributed by atoms with Gasteiger partial charge in [-0.1, -0.05) is 42.8 Å². The van der Waals surface area contributed by atoms with Crippen molar-refractivity contribution in [3.8, 4) is 0 Å². The van der Waals surface area contributed by atoms with Crippen LogP contribution in [-0.2, 0) is 0 Å². The molecule has 1 unspecified atom stereocenters. The number of hydrogen-bond acceptors (Lipinski definition) is 1. The van der Waals surface area contributed by atoms with E-state index in [9.17, 15) is 0 Å². The Balaban J connectivity index is 2.35. The number of allylic oxidation sites excluding steroid dienone is 3. The lowest BCUT2D eigenvalue weighted by Gasteiger charge is -2.29. The summed E-state index contributed by atoms with van der Waals surface area (Å²) in [4.78, 5) is 0. The van der Waals surface area contributed by atoms with Crippen LogP contribution in [0.25, 0.3) is 5.57 Å². The fourth-order valence-corrected chi connectivity index (χ4v) is 4.89.